The Morgan fingerprint density at radius 1 is 1.11 bits per heavy atom. The summed E-state index contributed by atoms with van der Waals surface area (Å²) >= 11 is 0. The minimum atomic E-state index is -1.01. The standard InChI is InChI=1S/C23H26F2O2/c1-2-3-4-16-11-13-23(14-12-16,22(26)27)18-7-10-20(21(25)15-18)17-5-8-19(24)9-6-17/h5-10,15-16H,2-4,11-14H2,1H3,(H,26,27). The van der Waals surface area contributed by atoms with Crippen LogP contribution >= 0.6 is 0 Å². The molecule has 0 amide bonds. The smallest absolute Gasteiger partial charge is 0.314 e. The van der Waals surface area contributed by atoms with Crippen LogP contribution in [0.25, 0.3) is 11.1 Å². The van der Waals surface area contributed by atoms with Gasteiger partial charge in [0.05, 0.1) is 5.41 Å². The molecule has 0 radical (unpaired) electrons. The Hall–Kier alpha value is -2.23. The molecule has 1 aliphatic rings. The maximum Gasteiger partial charge on any atom is 0.314 e. The fraction of sp³-hybridized carbons (Fsp3) is 0.435. The monoisotopic (exact) mass is 372 g/mol. The lowest BCUT2D eigenvalue weighted by atomic mass is 9.66. The molecule has 3 rings (SSSR count). The van der Waals surface area contributed by atoms with Gasteiger partial charge in [0.25, 0.3) is 0 Å². The zero-order valence-electron chi connectivity index (χ0n) is 15.7. The number of carbonyl (C=O) groups is 1. The van der Waals surface area contributed by atoms with Crippen molar-refractivity contribution in [3.63, 3.8) is 0 Å². The highest BCUT2D eigenvalue weighted by molar-refractivity contribution is 5.82. The summed E-state index contributed by atoms with van der Waals surface area (Å²) in [5.74, 6) is -1.14. The van der Waals surface area contributed by atoms with E-state index in [1.807, 2.05) is 0 Å². The number of rotatable bonds is 6. The van der Waals surface area contributed by atoms with Crippen LogP contribution in [-0.2, 0) is 10.2 Å². The highest BCUT2D eigenvalue weighted by atomic mass is 19.1. The first kappa shape index (κ1) is 19.5. The Morgan fingerprint density at radius 3 is 2.33 bits per heavy atom. The molecule has 1 fully saturated rings. The molecule has 0 saturated heterocycles. The third-order valence-corrected chi connectivity index (χ3v) is 6.01. The number of benzene rings is 2. The second-order valence-electron chi connectivity index (χ2n) is 7.67. The molecule has 0 aliphatic heterocycles. The third-order valence-electron chi connectivity index (χ3n) is 6.01. The molecule has 2 aromatic carbocycles. The normalized spacial score (nSPS) is 22.6. The molecular weight excluding hydrogens is 346 g/mol. The van der Waals surface area contributed by atoms with Crippen LogP contribution in [0, 0.1) is 17.6 Å². The van der Waals surface area contributed by atoms with E-state index in [1.165, 1.54) is 36.8 Å². The van der Waals surface area contributed by atoms with Crippen molar-refractivity contribution in [1.82, 2.24) is 0 Å². The van der Waals surface area contributed by atoms with E-state index in [0.717, 1.165) is 25.7 Å². The maximum absolute atomic E-state index is 14.8. The van der Waals surface area contributed by atoms with Crippen molar-refractivity contribution in [1.29, 1.82) is 0 Å². The van der Waals surface area contributed by atoms with Crippen LogP contribution in [0.3, 0.4) is 0 Å². The molecule has 0 bridgehead atoms. The first-order valence-corrected chi connectivity index (χ1v) is 9.75. The van der Waals surface area contributed by atoms with Gasteiger partial charge in [-0.2, -0.15) is 0 Å². The fourth-order valence-electron chi connectivity index (χ4n) is 4.25. The molecule has 0 unspecified atom stereocenters. The molecule has 2 nitrogen and oxygen atoms in total. The topological polar surface area (TPSA) is 37.3 Å². The average molecular weight is 372 g/mol. The van der Waals surface area contributed by atoms with Gasteiger partial charge in [-0.3, -0.25) is 4.79 Å². The number of hydrogen-bond donors (Lipinski definition) is 1. The number of unbranched alkanes of at least 4 members (excludes halogenated alkanes) is 1. The lowest BCUT2D eigenvalue weighted by Gasteiger charge is -2.37. The van der Waals surface area contributed by atoms with Crippen molar-refractivity contribution in [3.8, 4) is 11.1 Å². The number of carboxylic acid groups (broad SMARTS) is 1. The highest BCUT2D eigenvalue weighted by Gasteiger charge is 2.43. The molecule has 2 aromatic rings. The van der Waals surface area contributed by atoms with Gasteiger partial charge in [0.1, 0.15) is 11.6 Å². The summed E-state index contributed by atoms with van der Waals surface area (Å²) in [6.45, 7) is 2.16. The van der Waals surface area contributed by atoms with E-state index in [1.54, 1.807) is 12.1 Å². The van der Waals surface area contributed by atoms with Gasteiger partial charge in [-0.1, -0.05) is 50.5 Å². The quantitative estimate of drug-likeness (QED) is 0.643. The Morgan fingerprint density at radius 2 is 1.78 bits per heavy atom. The van der Waals surface area contributed by atoms with Gasteiger partial charge in [0, 0.05) is 5.56 Å². The molecule has 144 valence electrons. The van der Waals surface area contributed by atoms with E-state index in [-0.39, 0.29) is 5.82 Å². The van der Waals surface area contributed by atoms with Crippen LogP contribution < -0.4 is 0 Å². The second kappa shape index (κ2) is 8.20. The van der Waals surface area contributed by atoms with Gasteiger partial charge >= 0.3 is 5.97 Å². The number of halogens is 2. The summed E-state index contributed by atoms with van der Waals surface area (Å²) in [6, 6.07) is 10.3. The molecule has 0 atom stereocenters. The van der Waals surface area contributed by atoms with Gasteiger partial charge in [0.15, 0.2) is 0 Å². The molecule has 4 heteroatoms. The molecule has 27 heavy (non-hydrogen) atoms. The van der Waals surface area contributed by atoms with E-state index in [2.05, 4.69) is 6.92 Å². The zero-order chi connectivity index (χ0) is 19.4. The fourth-order valence-corrected chi connectivity index (χ4v) is 4.25. The summed E-state index contributed by atoms with van der Waals surface area (Å²) in [4.78, 5) is 12.1. The predicted molar refractivity (Wildman–Crippen MR) is 103 cm³/mol. The van der Waals surface area contributed by atoms with E-state index < -0.39 is 17.2 Å². The maximum atomic E-state index is 14.8. The van der Waals surface area contributed by atoms with Crippen molar-refractivity contribution < 1.29 is 18.7 Å². The summed E-state index contributed by atoms with van der Waals surface area (Å²) in [5, 5.41) is 9.95. The van der Waals surface area contributed by atoms with Crippen LogP contribution in [0.1, 0.15) is 57.4 Å². The minimum absolute atomic E-state index is 0.357. The summed E-state index contributed by atoms with van der Waals surface area (Å²) in [5.41, 5.74) is 0.460. The number of carboxylic acids is 1. The second-order valence-corrected chi connectivity index (χ2v) is 7.67. The average Bonchev–Trinajstić information content (AvgIpc) is 2.67. The number of aliphatic carboxylic acids is 1. The first-order valence-electron chi connectivity index (χ1n) is 9.75. The summed E-state index contributed by atoms with van der Waals surface area (Å²) < 4.78 is 27.9. The molecule has 0 aromatic heterocycles. The van der Waals surface area contributed by atoms with Crippen LogP contribution in [0.15, 0.2) is 42.5 Å². The van der Waals surface area contributed by atoms with Crippen molar-refractivity contribution in [2.24, 2.45) is 5.92 Å². The van der Waals surface area contributed by atoms with Crippen LogP contribution in [-0.4, -0.2) is 11.1 Å². The Labute approximate surface area is 159 Å². The Kier molecular flexibility index (Phi) is 5.93. The van der Waals surface area contributed by atoms with E-state index >= 15 is 0 Å². The Balaban J connectivity index is 1.86. The number of hydrogen-bond acceptors (Lipinski definition) is 1. The lowest BCUT2D eigenvalue weighted by molar-refractivity contribution is -0.145. The lowest BCUT2D eigenvalue weighted by Crippen LogP contribution is -2.39. The first-order chi connectivity index (χ1) is 13.0. The van der Waals surface area contributed by atoms with Gasteiger partial charge in [-0.05, 0) is 60.9 Å². The van der Waals surface area contributed by atoms with E-state index in [4.69, 9.17) is 0 Å². The van der Waals surface area contributed by atoms with Crippen molar-refractivity contribution in [2.45, 2.75) is 57.3 Å². The SMILES string of the molecule is CCCCC1CCC(C(=O)O)(c2ccc(-c3ccc(F)cc3)c(F)c2)CC1. The van der Waals surface area contributed by atoms with Gasteiger partial charge < -0.3 is 5.11 Å². The summed E-state index contributed by atoms with van der Waals surface area (Å²) in [7, 11) is 0. The Bertz CT molecular complexity index is 791. The zero-order valence-corrected chi connectivity index (χ0v) is 15.7. The molecule has 1 saturated carbocycles. The minimum Gasteiger partial charge on any atom is -0.481 e. The molecule has 0 spiro atoms. The molecule has 0 heterocycles. The van der Waals surface area contributed by atoms with E-state index in [0.29, 0.717) is 35.4 Å². The van der Waals surface area contributed by atoms with Gasteiger partial charge in [-0.15, -0.1) is 0 Å². The van der Waals surface area contributed by atoms with Crippen LogP contribution in [0.2, 0.25) is 0 Å². The predicted octanol–water partition coefficient (Wildman–Crippen LogP) is 6.33. The van der Waals surface area contributed by atoms with E-state index in [9.17, 15) is 18.7 Å². The molecular formula is C23H26F2O2. The van der Waals surface area contributed by atoms with Crippen molar-refractivity contribution in [2.75, 3.05) is 0 Å². The van der Waals surface area contributed by atoms with Gasteiger partial charge in [-0.25, -0.2) is 8.78 Å². The largest absolute Gasteiger partial charge is 0.481 e. The van der Waals surface area contributed by atoms with Gasteiger partial charge in [0.2, 0.25) is 0 Å². The van der Waals surface area contributed by atoms with Crippen LogP contribution in [0.5, 0.6) is 0 Å². The third kappa shape index (κ3) is 4.05. The van der Waals surface area contributed by atoms with Crippen molar-refractivity contribution >= 4 is 5.97 Å². The highest BCUT2D eigenvalue weighted by Crippen LogP contribution is 2.44. The van der Waals surface area contributed by atoms with Crippen LogP contribution in [0.4, 0.5) is 8.78 Å². The summed E-state index contributed by atoms with van der Waals surface area (Å²) in [6.07, 6.45) is 6.30. The molecule has 1 N–H and O–H groups in total. The van der Waals surface area contributed by atoms with Crippen molar-refractivity contribution in [3.05, 3.63) is 59.7 Å². The molecule has 1 aliphatic carbocycles.